The first-order valence-corrected chi connectivity index (χ1v) is 7.26. The fourth-order valence-electron chi connectivity index (χ4n) is 2.03. The van der Waals surface area contributed by atoms with Crippen molar-refractivity contribution in [2.75, 3.05) is 11.9 Å². The minimum Gasteiger partial charge on any atom is -0.394 e. The number of rotatable bonds is 4. The van der Waals surface area contributed by atoms with Crippen LogP contribution in [0.5, 0.6) is 0 Å². The van der Waals surface area contributed by atoms with Gasteiger partial charge in [0.15, 0.2) is 0 Å². The molecule has 1 unspecified atom stereocenters. The molecule has 0 saturated carbocycles. The molecule has 0 saturated heterocycles. The molecule has 2 aromatic carbocycles. The summed E-state index contributed by atoms with van der Waals surface area (Å²) in [5, 5.41) is 13.3. The van der Waals surface area contributed by atoms with E-state index >= 15 is 0 Å². The molecule has 2 aromatic rings. The Morgan fingerprint density at radius 1 is 1.30 bits per heavy atom. The smallest absolute Gasteiger partial charge is 0.125 e. The third-order valence-corrected chi connectivity index (χ3v) is 3.83. The second-order valence-corrected chi connectivity index (χ2v) is 5.85. The van der Waals surface area contributed by atoms with Crippen molar-refractivity contribution in [3.05, 3.63) is 62.8 Å². The first kappa shape index (κ1) is 15.3. The monoisotopic (exact) mass is 357 g/mol. The number of anilines is 1. The van der Waals surface area contributed by atoms with E-state index in [0.29, 0.717) is 10.7 Å². The molecular formula is C15H14BrClFNO. The normalized spacial score (nSPS) is 12.2. The van der Waals surface area contributed by atoms with Gasteiger partial charge in [-0.25, -0.2) is 4.39 Å². The molecule has 0 aromatic heterocycles. The molecule has 0 fully saturated rings. The Morgan fingerprint density at radius 3 is 2.65 bits per heavy atom. The van der Waals surface area contributed by atoms with Crippen LogP contribution >= 0.6 is 27.5 Å². The van der Waals surface area contributed by atoms with Gasteiger partial charge in [0, 0.05) is 15.2 Å². The Morgan fingerprint density at radius 2 is 2.05 bits per heavy atom. The fraction of sp³-hybridized carbons (Fsp3) is 0.200. The van der Waals surface area contributed by atoms with Gasteiger partial charge in [-0.15, -0.1) is 0 Å². The van der Waals surface area contributed by atoms with E-state index in [0.717, 1.165) is 15.6 Å². The maximum absolute atomic E-state index is 13.4. The zero-order valence-corrected chi connectivity index (χ0v) is 13.2. The van der Waals surface area contributed by atoms with Crippen LogP contribution in [0.15, 0.2) is 40.9 Å². The van der Waals surface area contributed by atoms with Crippen LogP contribution in [0.4, 0.5) is 10.1 Å². The molecule has 0 radical (unpaired) electrons. The average Bonchev–Trinajstić information content (AvgIpc) is 2.35. The molecule has 0 aliphatic rings. The van der Waals surface area contributed by atoms with Crippen LogP contribution in [-0.2, 0) is 0 Å². The second-order valence-electron chi connectivity index (χ2n) is 4.56. The zero-order chi connectivity index (χ0) is 14.7. The van der Waals surface area contributed by atoms with E-state index in [4.69, 9.17) is 11.6 Å². The number of halogens is 3. The van der Waals surface area contributed by atoms with Gasteiger partial charge in [0.2, 0.25) is 0 Å². The van der Waals surface area contributed by atoms with Crippen molar-refractivity contribution in [2.24, 2.45) is 0 Å². The van der Waals surface area contributed by atoms with E-state index in [1.807, 2.05) is 19.1 Å². The second kappa shape index (κ2) is 6.57. The van der Waals surface area contributed by atoms with E-state index in [1.165, 1.54) is 12.1 Å². The Kier molecular flexibility index (Phi) is 5.02. The molecule has 0 spiro atoms. The van der Waals surface area contributed by atoms with Crippen LogP contribution in [0.1, 0.15) is 17.2 Å². The first-order valence-electron chi connectivity index (χ1n) is 6.09. The summed E-state index contributed by atoms with van der Waals surface area (Å²) in [7, 11) is 0. The van der Waals surface area contributed by atoms with Gasteiger partial charge in [0.25, 0.3) is 0 Å². The van der Waals surface area contributed by atoms with E-state index in [1.54, 1.807) is 12.1 Å². The van der Waals surface area contributed by atoms with Crippen LogP contribution in [0.2, 0.25) is 5.02 Å². The van der Waals surface area contributed by atoms with Crippen molar-refractivity contribution in [3.8, 4) is 0 Å². The van der Waals surface area contributed by atoms with Gasteiger partial charge < -0.3 is 10.4 Å². The number of benzene rings is 2. The molecule has 2 N–H and O–H groups in total. The lowest BCUT2D eigenvalue weighted by Crippen LogP contribution is -2.15. The molecule has 0 amide bonds. The van der Waals surface area contributed by atoms with Crippen molar-refractivity contribution in [1.29, 1.82) is 0 Å². The maximum atomic E-state index is 13.4. The van der Waals surface area contributed by atoms with Gasteiger partial charge in [0.05, 0.1) is 12.6 Å². The summed E-state index contributed by atoms with van der Waals surface area (Å²) in [4.78, 5) is 0. The van der Waals surface area contributed by atoms with E-state index < -0.39 is 0 Å². The summed E-state index contributed by atoms with van der Waals surface area (Å²) >= 11 is 9.33. The van der Waals surface area contributed by atoms with Crippen molar-refractivity contribution in [2.45, 2.75) is 13.0 Å². The standard InChI is InChI=1S/C15H14BrClFNO/c1-9-4-11(18)7-12(5-9)19-15(8-20)13-3-2-10(17)6-14(13)16/h2-7,15,19-20H,8H2,1H3. The highest BCUT2D eigenvalue weighted by Gasteiger charge is 2.14. The highest BCUT2D eigenvalue weighted by molar-refractivity contribution is 9.10. The zero-order valence-electron chi connectivity index (χ0n) is 10.8. The molecule has 0 heterocycles. The molecule has 2 rings (SSSR count). The Bertz CT molecular complexity index is 601. The summed E-state index contributed by atoms with van der Waals surface area (Å²) in [6.45, 7) is 1.70. The van der Waals surface area contributed by atoms with E-state index in [2.05, 4.69) is 21.2 Å². The number of hydrogen-bond donors (Lipinski definition) is 2. The molecule has 1 atom stereocenters. The summed E-state index contributed by atoms with van der Waals surface area (Å²) < 4.78 is 14.2. The Labute approximate surface area is 130 Å². The lowest BCUT2D eigenvalue weighted by atomic mass is 10.1. The highest BCUT2D eigenvalue weighted by Crippen LogP contribution is 2.29. The Hall–Kier alpha value is -1.10. The predicted octanol–water partition coefficient (Wildman–Crippen LogP) is 4.70. The van der Waals surface area contributed by atoms with E-state index in [9.17, 15) is 9.50 Å². The number of nitrogens with one attached hydrogen (secondary N) is 1. The average molecular weight is 359 g/mol. The lowest BCUT2D eigenvalue weighted by Gasteiger charge is -2.20. The summed E-state index contributed by atoms with van der Waals surface area (Å²) in [5.74, 6) is -0.306. The maximum Gasteiger partial charge on any atom is 0.125 e. The molecule has 106 valence electrons. The number of hydrogen-bond acceptors (Lipinski definition) is 2. The van der Waals surface area contributed by atoms with Crippen LogP contribution in [0, 0.1) is 12.7 Å². The highest BCUT2D eigenvalue weighted by atomic mass is 79.9. The minimum atomic E-state index is -0.345. The van der Waals surface area contributed by atoms with Crippen LogP contribution in [0.3, 0.4) is 0 Å². The van der Waals surface area contributed by atoms with Gasteiger partial charge >= 0.3 is 0 Å². The predicted molar refractivity (Wildman–Crippen MR) is 83.7 cm³/mol. The van der Waals surface area contributed by atoms with Crippen molar-refractivity contribution < 1.29 is 9.50 Å². The van der Waals surface area contributed by atoms with Gasteiger partial charge in [-0.2, -0.15) is 0 Å². The third kappa shape index (κ3) is 3.72. The summed E-state index contributed by atoms with van der Waals surface area (Å²) in [5.41, 5.74) is 2.31. The molecule has 0 aliphatic carbocycles. The number of aliphatic hydroxyl groups is 1. The van der Waals surface area contributed by atoms with Gasteiger partial charge in [-0.1, -0.05) is 33.6 Å². The van der Waals surface area contributed by atoms with Crippen LogP contribution in [0.25, 0.3) is 0 Å². The molecule has 2 nitrogen and oxygen atoms in total. The fourth-order valence-corrected chi connectivity index (χ4v) is 2.99. The minimum absolute atomic E-state index is 0.115. The SMILES string of the molecule is Cc1cc(F)cc(NC(CO)c2ccc(Cl)cc2Br)c1. The first-order chi connectivity index (χ1) is 9.49. The molecule has 5 heteroatoms. The Balaban J connectivity index is 2.28. The lowest BCUT2D eigenvalue weighted by molar-refractivity contribution is 0.276. The van der Waals surface area contributed by atoms with Crippen LogP contribution in [-0.4, -0.2) is 11.7 Å². The third-order valence-electron chi connectivity index (χ3n) is 2.90. The van der Waals surface area contributed by atoms with E-state index in [-0.39, 0.29) is 18.5 Å². The molecular weight excluding hydrogens is 345 g/mol. The number of aryl methyl sites for hydroxylation is 1. The molecule has 0 bridgehead atoms. The van der Waals surface area contributed by atoms with Crippen molar-refractivity contribution in [3.63, 3.8) is 0 Å². The van der Waals surface area contributed by atoms with Gasteiger partial charge in [-0.3, -0.25) is 0 Å². The van der Waals surface area contributed by atoms with Gasteiger partial charge in [-0.05, 0) is 48.4 Å². The summed E-state index contributed by atoms with van der Waals surface area (Å²) in [6.07, 6.45) is 0. The van der Waals surface area contributed by atoms with Crippen LogP contribution < -0.4 is 5.32 Å². The molecule has 0 aliphatic heterocycles. The number of aliphatic hydroxyl groups excluding tert-OH is 1. The van der Waals surface area contributed by atoms with Crippen molar-refractivity contribution >= 4 is 33.2 Å². The van der Waals surface area contributed by atoms with Gasteiger partial charge in [0.1, 0.15) is 5.82 Å². The topological polar surface area (TPSA) is 32.3 Å². The summed E-state index contributed by atoms with van der Waals surface area (Å²) in [6, 6.07) is 9.68. The largest absolute Gasteiger partial charge is 0.394 e. The quantitative estimate of drug-likeness (QED) is 0.830. The molecule has 20 heavy (non-hydrogen) atoms. The van der Waals surface area contributed by atoms with Crippen molar-refractivity contribution in [1.82, 2.24) is 0 Å².